The Morgan fingerprint density at radius 2 is 1.80 bits per heavy atom. The van der Waals surface area contributed by atoms with E-state index < -0.39 is 9.84 Å². The molecule has 0 radical (unpaired) electrons. The van der Waals surface area contributed by atoms with Crippen LogP contribution in [0.15, 0.2) is 35.3 Å². The fourth-order valence-corrected chi connectivity index (χ4v) is 4.06. The number of aliphatic imine (C=N–C) groups is 1. The van der Waals surface area contributed by atoms with Crippen molar-refractivity contribution in [3.63, 3.8) is 0 Å². The van der Waals surface area contributed by atoms with Crippen molar-refractivity contribution in [3.8, 4) is 0 Å². The maximum absolute atomic E-state index is 11.6. The van der Waals surface area contributed by atoms with Gasteiger partial charge in [0, 0.05) is 31.3 Å². The van der Waals surface area contributed by atoms with E-state index >= 15 is 0 Å². The number of hydrogen-bond acceptors (Lipinski definition) is 3. The van der Waals surface area contributed by atoms with Gasteiger partial charge < -0.3 is 10.6 Å². The van der Waals surface area contributed by atoms with Crippen LogP contribution in [0.1, 0.15) is 38.2 Å². The van der Waals surface area contributed by atoms with E-state index in [2.05, 4.69) is 39.9 Å². The molecule has 0 heterocycles. The summed E-state index contributed by atoms with van der Waals surface area (Å²) in [6.07, 6.45) is 4.84. The Balaban J connectivity index is 0.00000312. The zero-order chi connectivity index (χ0) is 17.5. The fourth-order valence-electron chi connectivity index (χ4n) is 3.35. The number of nitrogens with zero attached hydrogens (tertiary/aromatic N) is 1. The molecule has 1 fully saturated rings. The summed E-state index contributed by atoms with van der Waals surface area (Å²) >= 11 is 0. The molecular weight excluding hydrogens is 449 g/mol. The molecule has 1 aromatic rings. The summed E-state index contributed by atoms with van der Waals surface area (Å²) in [7, 11) is -1.24. The van der Waals surface area contributed by atoms with Crippen molar-refractivity contribution in [3.05, 3.63) is 35.9 Å². The topological polar surface area (TPSA) is 70.6 Å². The third-order valence-electron chi connectivity index (χ3n) is 4.91. The van der Waals surface area contributed by atoms with Crippen molar-refractivity contribution in [1.29, 1.82) is 0 Å². The maximum atomic E-state index is 11.6. The van der Waals surface area contributed by atoms with Gasteiger partial charge in [-0.05, 0) is 18.4 Å². The molecule has 1 saturated carbocycles. The fraction of sp³-hybridized carbons (Fsp3) is 0.611. The average Bonchev–Trinajstić information content (AvgIpc) is 3.09. The summed E-state index contributed by atoms with van der Waals surface area (Å²) in [5.41, 5.74) is 1.52. The summed E-state index contributed by atoms with van der Waals surface area (Å²) in [6, 6.07) is 10.7. The summed E-state index contributed by atoms with van der Waals surface area (Å²) in [4.78, 5) is 4.22. The molecule has 1 aliphatic rings. The Morgan fingerprint density at radius 3 is 2.36 bits per heavy atom. The Morgan fingerprint density at radius 1 is 1.16 bits per heavy atom. The zero-order valence-electron chi connectivity index (χ0n) is 15.1. The van der Waals surface area contributed by atoms with Gasteiger partial charge in [0.05, 0.1) is 5.75 Å². The van der Waals surface area contributed by atoms with Crippen LogP contribution in [-0.4, -0.2) is 46.0 Å². The smallest absolute Gasteiger partial charge is 0.191 e. The second-order valence-electron chi connectivity index (χ2n) is 6.44. The molecular formula is C18H30IN3O2S. The molecule has 0 bridgehead atoms. The molecule has 5 nitrogen and oxygen atoms in total. The lowest BCUT2D eigenvalue weighted by Crippen LogP contribution is -2.45. The van der Waals surface area contributed by atoms with Gasteiger partial charge in [-0.1, -0.05) is 50.1 Å². The van der Waals surface area contributed by atoms with E-state index in [-0.39, 0.29) is 40.9 Å². The van der Waals surface area contributed by atoms with Gasteiger partial charge in [-0.2, -0.15) is 0 Å². The molecule has 0 aromatic heterocycles. The van der Waals surface area contributed by atoms with Gasteiger partial charge in [-0.25, -0.2) is 8.42 Å². The van der Waals surface area contributed by atoms with E-state index in [0.717, 1.165) is 6.54 Å². The van der Waals surface area contributed by atoms with Crippen LogP contribution in [0.4, 0.5) is 0 Å². The van der Waals surface area contributed by atoms with Crippen molar-refractivity contribution in [1.82, 2.24) is 10.6 Å². The number of rotatable bonds is 7. The molecule has 2 N–H and O–H groups in total. The second-order valence-corrected chi connectivity index (χ2v) is 8.92. The molecule has 1 aliphatic carbocycles. The van der Waals surface area contributed by atoms with Crippen molar-refractivity contribution in [2.45, 2.75) is 38.0 Å². The molecule has 0 atom stereocenters. The molecule has 0 amide bonds. The number of guanidine groups is 1. The first kappa shape index (κ1) is 22.2. The van der Waals surface area contributed by atoms with Crippen LogP contribution >= 0.6 is 24.0 Å². The van der Waals surface area contributed by atoms with Crippen LogP contribution in [0.2, 0.25) is 0 Å². The molecule has 1 aromatic carbocycles. The summed E-state index contributed by atoms with van der Waals surface area (Å²) in [5.74, 6) is 0.981. The van der Waals surface area contributed by atoms with Gasteiger partial charge >= 0.3 is 0 Å². The third kappa shape index (κ3) is 6.44. The highest BCUT2D eigenvalue weighted by atomic mass is 127. The predicted octanol–water partition coefficient (Wildman–Crippen LogP) is 2.72. The van der Waals surface area contributed by atoms with Crippen LogP contribution < -0.4 is 10.6 Å². The monoisotopic (exact) mass is 479 g/mol. The molecule has 25 heavy (non-hydrogen) atoms. The van der Waals surface area contributed by atoms with Gasteiger partial charge in [0.15, 0.2) is 15.8 Å². The lowest BCUT2D eigenvalue weighted by molar-refractivity contribution is 0.432. The van der Waals surface area contributed by atoms with Crippen LogP contribution in [0.5, 0.6) is 0 Å². The van der Waals surface area contributed by atoms with Crippen molar-refractivity contribution >= 4 is 39.8 Å². The minimum absolute atomic E-state index is 0. The lowest BCUT2D eigenvalue weighted by atomic mass is 9.79. The molecule has 0 spiro atoms. The molecule has 7 heteroatoms. The Bertz CT molecular complexity index is 642. The molecule has 0 aliphatic heterocycles. The van der Waals surface area contributed by atoms with Crippen LogP contribution in [-0.2, 0) is 15.3 Å². The van der Waals surface area contributed by atoms with Crippen LogP contribution in [0.3, 0.4) is 0 Å². The zero-order valence-corrected chi connectivity index (χ0v) is 18.3. The lowest BCUT2D eigenvalue weighted by Gasteiger charge is -2.30. The van der Waals surface area contributed by atoms with Crippen LogP contribution in [0.25, 0.3) is 0 Å². The minimum Gasteiger partial charge on any atom is -0.356 e. The minimum atomic E-state index is -2.95. The number of hydrogen-bond donors (Lipinski definition) is 2. The van der Waals surface area contributed by atoms with Gasteiger partial charge in [0.25, 0.3) is 0 Å². The third-order valence-corrected chi connectivity index (χ3v) is 6.62. The SMILES string of the molecule is CCS(=O)(=O)CCNC(=NC)NCC1(c2ccccc2)CCCC1.I. The quantitative estimate of drug-likeness (QED) is 0.359. The van der Waals surface area contributed by atoms with E-state index in [1.807, 2.05) is 6.07 Å². The molecule has 142 valence electrons. The van der Waals surface area contributed by atoms with Crippen molar-refractivity contribution < 1.29 is 8.42 Å². The number of halogens is 1. The maximum Gasteiger partial charge on any atom is 0.191 e. The Kier molecular flexibility index (Phi) is 9.20. The van der Waals surface area contributed by atoms with E-state index in [0.29, 0.717) is 12.5 Å². The highest BCUT2D eigenvalue weighted by Crippen LogP contribution is 2.40. The number of sulfone groups is 1. The molecule has 2 rings (SSSR count). The summed E-state index contributed by atoms with van der Waals surface area (Å²) in [6.45, 7) is 2.87. The van der Waals surface area contributed by atoms with E-state index in [9.17, 15) is 8.42 Å². The van der Waals surface area contributed by atoms with E-state index in [4.69, 9.17) is 0 Å². The normalized spacial score (nSPS) is 17.0. The summed E-state index contributed by atoms with van der Waals surface area (Å²) in [5, 5.41) is 6.51. The average molecular weight is 479 g/mol. The van der Waals surface area contributed by atoms with E-state index in [1.54, 1.807) is 14.0 Å². The standard InChI is InChI=1S/C18H29N3O2S.HI/c1-3-24(22,23)14-13-20-17(19-2)21-15-18(11-7-8-12-18)16-9-5-4-6-10-16;/h4-6,9-10H,3,7-8,11-15H2,1-2H3,(H2,19,20,21);1H. The van der Waals surface area contributed by atoms with Crippen molar-refractivity contribution in [2.24, 2.45) is 4.99 Å². The van der Waals surface area contributed by atoms with Crippen LogP contribution in [0, 0.1) is 0 Å². The number of nitrogens with one attached hydrogen (secondary N) is 2. The van der Waals surface area contributed by atoms with Gasteiger partial charge in [0.2, 0.25) is 0 Å². The first-order chi connectivity index (χ1) is 11.5. The second kappa shape index (κ2) is 10.4. The van der Waals surface area contributed by atoms with Gasteiger partial charge in [-0.15, -0.1) is 24.0 Å². The Labute approximate surface area is 169 Å². The predicted molar refractivity (Wildman–Crippen MR) is 116 cm³/mol. The Hall–Kier alpha value is -0.830. The number of benzene rings is 1. The highest BCUT2D eigenvalue weighted by Gasteiger charge is 2.35. The van der Waals surface area contributed by atoms with Gasteiger partial charge in [-0.3, -0.25) is 4.99 Å². The molecule has 0 unspecified atom stereocenters. The first-order valence-electron chi connectivity index (χ1n) is 8.72. The van der Waals surface area contributed by atoms with Crippen molar-refractivity contribution in [2.75, 3.05) is 31.6 Å². The summed E-state index contributed by atoms with van der Waals surface area (Å²) < 4.78 is 23.1. The first-order valence-corrected chi connectivity index (χ1v) is 10.5. The van der Waals surface area contributed by atoms with Gasteiger partial charge in [0.1, 0.15) is 0 Å². The molecule has 0 saturated heterocycles. The largest absolute Gasteiger partial charge is 0.356 e. The van der Waals surface area contributed by atoms with E-state index in [1.165, 1.54) is 31.2 Å². The highest BCUT2D eigenvalue weighted by molar-refractivity contribution is 14.0.